The third-order valence-corrected chi connectivity index (χ3v) is 2.73. The molecule has 0 bridgehead atoms. The van der Waals surface area contributed by atoms with E-state index in [9.17, 15) is 14.7 Å². The SMILES string of the molecule is O=C(O)c1ccccc1.O=C([O-])c1ccccc1.[NH3+]C1CC1. The summed E-state index contributed by atoms with van der Waals surface area (Å²) in [5, 5.41) is 18.5. The molecular formula is C17H19NO4. The molecule has 0 atom stereocenters. The van der Waals surface area contributed by atoms with Crippen molar-refractivity contribution in [3.05, 3.63) is 71.8 Å². The third-order valence-electron chi connectivity index (χ3n) is 2.73. The van der Waals surface area contributed by atoms with Crippen molar-refractivity contribution in [3.63, 3.8) is 0 Å². The Morgan fingerprint density at radius 3 is 1.45 bits per heavy atom. The maximum absolute atomic E-state index is 10.2. The van der Waals surface area contributed by atoms with Crippen molar-refractivity contribution in [2.24, 2.45) is 0 Å². The van der Waals surface area contributed by atoms with Crippen LogP contribution in [0, 0.1) is 0 Å². The van der Waals surface area contributed by atoms with E-state index in [1.807, 2.05) is 0 Å². The molecule has 5 nitrogen and oxygen atoms in total. The van der Waals surface area contributed by atoms with Gasteiger partial charge in [0.2, 0.25) is 0 Å². The van der Waals surface area contributed by atoms with Crippen molar-refractivity contribution < 1.29 is 25.5 Å². The average molecular weight is 301 g/mol. The predicted octanol–water partition coefficient (Wildman–Crippen LogP) is 0.826. The van der Waals surface area contributed by atoms with Crippen LogP contribution >= 0.6 is 0 Å². The molecule has 22 heavy (non-hydrogen) atoms. The molecule has 2 aromatic rings. The number of rotatable bonds is 2. The molecule has 0 radical (unpaired) electrons. The number of aromatic carboxylic acids is 2. The lowest BCUT2D eigenvalue weighted by Crippen LogP contribution is -2.52. The molecule has 0 heterocycles. The van der Waals surface area contributed by atoms with Crippen molar-refractivity contribution in [2.45, 2.75) is 18.9 Å². The first-order chi connectivity index (χ1) is 10.5. The van der Waals surface area contributed by atoms with Crippen molar-refractivity contribution in [3.8, 4) is 0 Å². The highest BCUT2D eigenvalue weighted by atomic mass is 16.4. The Balaban J connectivity index is 0.000000177. The lowest BCUT2D eigenvalue weighted by molar-refractivity contribution is -0.384. The van der Waals surface area contributed by atoms with Gasteiger partial charge in [0.05, 0.1) is 17.6 Å². The van der Waals surface area contributed by atoms with Crippen LogP contribution in [0.5, 0.6) is 0 Å². The lowest BCUT2D eigenvalue weighted by Gasteiger charge is -1.97. The van der Waals surface area contributed by atoms with Gasteiger partial charge in [-0.25, -0.2) is 4.79 Å². The van der Waals surface area contributed by atoms with Crippen LogP contribution < -0.4 is 10.8 Å². The van der Waals surface area contributed by atoms with E-state index >= 15 is 0 Å². The van der Waals surface area contributed by atoms with Gasteiger partial charge < -0.3 is 20.7 Å². The van der Waals surface area contributed by atoms with Gasteiger partial charge in [0, 0.05) is 12.8 Å². The summed E-state index contributed by atoms with van der Waals surface area (Å²) in [6, 6.07) is 17.2. The van der Waals surface area contributed by atoms with Gasteiger partial charge in [-0.05, 0) is 17.7 Å². The molecule has 116 valence electrons. The summed E-state index contributed by atoms with van der Waals surface area (Å²) in [6.45, 7) is 0. The highest BCUT2D eigenvalue weighted by molar-refractivity contribution is 5.87. The molecule has 2 aromatic carbocycles. The second-order valence-electron chi connectivity index (χ2n) is 4.77. The van der Waals surface area contributed by atoms with E-state index in [2.05, 4.69) is 5.73 Å². The average Bonchev–Trinajstić information content (AvgIpc) is 3.32. The predicted molar refractivity (Wildman–Crippen MR) is 80.1 cm³/mol. The number of carboxylic acids is 2. The van der Waals surface area contributed by atoms with E-state index < -0.39 is 11.9 Å². The van der Waals surface area contributed by atoms with E-state index in [1.54, 1.807) is 48.5 Å². The molecule has 0 aliphatic heterocycles. The number of hydrogen-bond donors (Lipinski definition) is 2. The molecule has 0 unspecified atom stereocenters. The van der Waals surface area contributed by atoms with Crippen LogP contribution in [0.15, 0.2) is 60.7 Å². The monoisotopic (exact) mass is 301 g/mol. The zero-order chi connectivity index (χ0) is 16.4. The quantitative estimate of drug-likeness (QED) is 0.856. The van der Waals surface area contributed by atoms with Gasteiger partial charge in [0.1, 0.15) is 0 Å². The standard InChI is InChI=1S/2C7H6O2.C3H7N/c2*8-7(9)6-4-2-1-3-5-6;4-3-1-2-3/h2*1-5H,(H,8,9);3H,1-2,4H2. The van der Waals surface area contributed by atoms with Gasteiger partial charge in [-0.1, -0.05) is 48.5 Å². The molecule has 0 amide bonds. The molecule has 1 aliphatic carbocycles. The number of quaternary nitrogens is 1. The van der Waals surface area contributed by atoms with Crippen molar-refractivity contribution in [1.82, 2.24) is 0 Å². The van der Waals surface area contributed by atoms with Crippen molar-refractivity contribution in [1.29, 1.82) is 0 Å². The van der Waals surface area contributed by atoms with E-state index in [0.717, 1.165) is 6.04 Å². The maximum atomic E-state index is 10.2. The Bertz CT molecular complexity index is 531. The van der Waals surface area contributed by atoms with Crippen molar-refractivity contribution >= 4 is 11.9 Å². The van der Waals surface area contributed by atoms with E-state index in [4.69, 9.17) is 5.11 Å². The van der Waals surface area contributed by atoms with Gasteiger partial charge >= 0.3 is 5.97 Å². The number of carboxylic acid groups (broad SMARTS) is 2. The fourth-order valence-corrected chi connectivity index (χ4v) is 1.27. The summed E-state index contributed by atoms with van der Waals surface area (Å²) in [7, 11) is 0. The number of carbonyl (C=O) groups excluding carboxylic acids is 1. The fraction of sp³-hybridized carbons (Fsp3) is 0.176. The summed E-state index contributed by atoms with van der Waals surface area (Å²) in [6.07, 6.45) is 2.75. The highest BCUT2D eigenvalue weighted by Crippen LogP contribution is 2.11. The first-order valence-electron chi connectivity index (χ1n) is 6.88. The minimum Gasteiger partial charge on any atom is -0.545 e. The van der Waals surface area contributed by atoms with E-state index in [-0.39, 0.29) is 5.56 Å². The lowest BCUT2D eigenvalue weighted by atomic mass is 10.2. The van der Waals surface area contributed by atoms with Crippen LogP contribution in [-0.2, 0) is 0 Å². The summed E-state index contributed by atoms with van der Waals surface area (Å²) in [5.41, 5.74) is 4.30. The maximum Gasteiger partial charge on any atom is 0.335 e. The topological polar surface area (TPSA) is 105 Å². The van der Waals surface area contributed by atoms with Crippen LogP contribution in [0.1, 0.15) is 33.6 Å². The number of benzene rings is 2. The van der Waals surface area contributed by atoms with Gasteiger partial charge in [0.15, 0.2) is 0 Å². The second-order valence-corrected chi connectivity index (χ2v) is 4.77. The molecule has 1 aliphatic rings. The zero-order valence-electron chi connectivity index (χ0n) is 12.1. The van der Waals surface area contributed by atoms with Gasteiger partial charge in [0.25, 0.3) is 0 Å². The Labute approximate surface area is 129 Å². The van der Waals surface area contributed by atoms with E-state index in [1.165, 1.54) is 25.0 Å². The number of hydrogen-bond acceptors (Lipinski definition) is 3. The second kappa shape index (κ2) is 9.31. The first kappa shape index (κ1) is 17.4. The third kappa shape index (κ3) is 7.81. The van der Waals surface area contributed by atoms with Gasteiger partial charge in [-0.2, -0.15) is 0 Å². The molecule has 4 N–H and O–H groups in total. The van der Waals surface area contributed by atoms with Crippen LogP contribution in [0.4, 0.5) is 0 Å². The summed E-state index contributed by atoms with van der Waals surface area (Å²) in [4.78, 5) is 20.3. The molecule has 0 saturated heterocycles. The zero-order valence-corrected chi connectivity index (χ0v) is 12.1. The van der Waals surface area contributed by atoms with Gasteiger partial charge in [-0.15, -0.1) is 0 Å². The Kier molecular flexibility index (Phi) is 7.36. The Morgan fingerprint density at radius 2 is 1.27 bits per heavy atom. The molecular weight excluding hydrogens is 282 g/mol. The Hall–Kier alpha value is -2.66. The fourth-order valence-electron chi connectivity index (χ4n) is 1.27. The molecule has 3 rings (SSSR count). The molecule has 1 fully saturated rings. The first-order valence-corrected chi connectivity index (χ1v) is 6.88. The van der Waals surface area contributed by atoms with Gasteiger partial charge in [-0.3, -0.25) is 0 Å². The molecule has 1 saturated carbocycles. The smallest absolute Gasteiger partial charge is 0.335 e. The van der Waals surface area contributed by atoms with Crippen molar-refractivity contribution in [2.75, 3.05) is 0 Å². The molecule has 0 aromatic heterocycles. The van der Waals surface area contributed by atoms with Crippen LogP contribution in [-0.4, -0.2) is 23.1 Å². The molecule has 5 heteroatoms. The minimum atomic E-state index is -1.13. The van der Waals surface area contributed by atoms with E-state index in [0.29, 0.717) is 5.56 Å². The number of carbonyl (C=O) groups is 2. The van der Waals surface area contributed by atoms with Crippen LogP contribution in [0.2, 0.25) is 0 Å². The summed E-state index contributed by atoms with van der Waals surface area (Å²) < 4.78 is 0. The summed E-state index contributed by atoms with van der Waals surface area (Å²) >= 11 is 0. The summed E-state index contributed by atoms with van der Waals surface area (Å²) in [5.74, 6) is -2.01. The largest absolute Gasteiger partial charge is 0.545 e. The molecule has 0 spiro atoms. The Morgan fingerprint density at radius 1 is 0.909 bits per heavy atom. The van der Waals surface area contributed by atoms with Crippen LogP contribution in [0.3, 0.4) is 0 Å². The highest BCUT2D eigenvalue weighted by Gasteiger charge is 2.18. The van der Waals surface area contributed by atoms with Crippen LogP contribution in [0.25, 0.3) is 0 Å². The normalized spacial score (nSPS) is 12.0. The minimum absolute atomic E-state index is 0.220.